The molecule has 2 N–H and O–H groups in total. The van der Waals surface area contributed by atoms with E-state index in [9.17, 15) is 5.26 Å². The predicted molar refractivity (Wildman–Crippen MR) is 121 cm³/mol. The largest absolute Gasteiger partial charge is 0.354 e. The maximum Gasteiger partial charge on any atom is 0.223 e. The van der Waals surface area contributed by atoms with Crippen molar-refractivity contribution in [3.8, 4) is 12.1 Å². The fourth-order valence-electron chi connectivity index (χ4n) is 2.96. The monoisotopic (exact) mass is 423 g/mol. The number of anilines is 1. The number of nitrogens with zero attached hydrogens (tertiary/aromatic N) is 5. The number of thioether (sulfide) groups is 1. The van der Waals surface area contributed by atoms with Gasteiger partial charge in [0.05, 0.1) is 28.1 Å². The Morgan fingerprint density at radius 3 is 2.71 bits per heavy atom. The highest BCUT2D eigenvalue weighted by molar-refractivity contribution is 8.06. The van der Waals surface area contributed by atoms with Crippen molar-refractivity contribution < 1.29 is 0 Å². The summed E-state index contributed by atoms with van der Waals surface area (Å²) in [7, 11) is 0. The summed E-state index contributed by atoms with van der Waals surface area (Å²) in [5, 5.41) is 27.9. The summed E-state index contributed by atoms with van der Waals surface area (Å²) >= 11 is 1.43. The van der Waals surface area contributed by atoms with Crippen LogP contribution in [0.25, 0.3) is 11.3 Å². The van der Waals surface area contributed by atoms with Gasteiger partial charge in [0.1, 0.15) is 11.6 Å². The number of hydrogen-bond acceptors (Lipinski definition) is 8. The summed E-state index contributed by atoms with van der Waals surface area (Å²) in [6.07, 6.45) is 6.01. The predicted octanol–water partition coefficient (Wildman–Crippen LogP) is 3.93. The van der Waals surface area contributed by atoms with Crippen LogP contribution in [-0.4, -0.2) is 21.5 Å². The lowest BCUT2D eigenvalue weighted by atomic mass is 10.1. The van der Waals surface area contributed by atoms with Crippen LogP contribution in [0.5, 0.6) is 0 Å². The second-order valence-corrected chi connectivity index (χ2v) is 7.46. The third kappa shape index (κ3) is 4.89. The zero-order valence-corrected chi connectivity index (χ0v) is 17.2. The first-order valence-corrected chi connectivity index (χ1v) is 10.4. The molecular formula is C23H17N7S. The van der Waals surface area contributed by atoms with Gasteiger partial charge in [-0.25, -0.2) is 9.97 Å². The SMILES string of the molecule is N#CC(=C1NC(c2ccc(C#N)cc2)=CS1)c1ccnc(NCCc2cccnc2)n1. The van der Waals surface area contributed by atoms with Crippen molar-refractivity contribution in [2.45, 2.75) is 6.42 Å². The molecular weight excluding hydrogens is 406 g/mol. The van der Waals surface area contributed by atoms with E-state index in [1.807, 2.05) is 35.9 Å². The Morgan fingerprint density at radius 2 is 1.97 bits per heavy atom. The first kappa shape index (κ1) is 20.1. The van der Waals surface area contributed by atoms with Crippen LogP contribution in [0.15, 0.2) is 71.5 Å². The minimum atomic E-state index is 0.447. The average Bonchev–Trinajstić information content (AvgIpc) is 3.30. The minimum absolute atomic E-state index is 0.447. The van der Waals surface area contributed by atoms with Crippen molar-refractivity contribution in [1.82, 2.24) is 20.3 Å². The summed E-state index contributed by atoms with van der Waals surface area (Å²) in [5.74, 6) is 0.470. The van der Waals surface area contributed by atoms with Gasteiger partial charge in [-0.15, -0.1) is 0 Å². The van der Waals surface area contributed by atoms with E-state index in [-0.39, 0.29) is 0 Å². The number of benzene rings is 1. The first-order chi connectivity index (χ1) is 15.3. The fraction of sp³-hybridized carbons (Fsp3) is 0.0870. The lowest BCUT2D eigenvalue weighted by Crippen LogP contribution is -2.10. The Labute approximate surface area is 184 Å². The zero-order valence-electron chi connectivity index (χ0n) is 16.4. The standard InChI is InChI=1S/C23H17N7S/c24-12-16-3-5-18(6-4-16)21-15-31-22(29-21)19(13-25)20-8-11-28-23(30-20)27-10-7-17-2-1-9-26-14-17/h1-6,8-9,11,14-15,29H,7,10H2,(H,27,28,30). The third-order valence-corrected chi connectivity index (χ3v) is 5.43. The summed E-state index contributed by atoms with van der Waals surface area (Å²) in [5.41, 5.74) is 4.54. The second-order valence-electron chi connectivity index (χ2n) is 6.58. The van der Waals surface area contributed by atoms with E-state index >= 15 is 0 Å². The number of nitrogens with one attached hydrogen (secondary N) is 2. The van der Waals surface area contributed by atoms with Gasteiger partial charge in [-0.1, -0.05) is 30.0 Å². The van der Waals surface area contributed by atoms with E-state index in [0.717, 1.165) is 23.2 Å². The molecule has 1 aliphatic heterocycles. The van der Waals surface area contributed by atoms with Gasteiger partial charge >= 0.3 is 0 Å². The number of aromatic nitrogens is 3. The molecule has 150 valence electrons. The van der Waals surface area contributed by atoms with Gasteiger partial charge in [0.25, 0.3) is 0 Å². The Balaban J connectivity index is 1.46. The lowest BCUT2D eigenvalue weighted by Gasteiger charge is -2.09. The van der Waals surface area contributed by atoms with Crippen molar-refractivity contribution in [1.29, 1.82) is 10.5 Å². The third-order valence-electron chi connectivity index (χ3n) is 4.54. The van der Waals surface area contributed by atoms with E-state index in [1.54, 1.807) is 30.6 Å². The van der Waals surface area contributed by atoms with Gasteiger partial charge in [-0.3, -0.25) is 4.98 Å². The van der Waals surface area contributed by atoms with E-state index in [2.05, 4.69) is 37.7 Å². The summed E-state index contributed by atoms with van der Waals surface area (Å²) < 4.78 is 0. The molecule has 1 aliphatic rings. The highest BCUT2D eigenvalue weighted by Crippen LogP contribution is 2.34. The Morgan fingerprint density at radius 1 is 1.10 bits per heavy atom. The Hall–Kier alpha value is -4.14. The van der Waals surface area contributed by atoms with Crippen molar-refractivity contribution in [2.75, 3.05) is 11.9 Å². The molecule has 0 bridgehead atoms. The van der Waals surface area contributed by atoms with Gasteiger partial charge in [0.2, 0.25) is 5.95 Å². The number of nitriles is 2. The molecule has 0 unspecified atom stereocenters. The average molecular weight is 424 g/mol. The number of pyridine rings is 1. The summed E-state index contributed by atoms with van der Waals surface area (Å²) in [4.78, 5) is 12.9. The van der Waals surface area contributed by atoms with Gasteiger partial charge in [0, 0.05) is 30.5 Å². The van der Waals surface area contributed by atoms with Crippen LogP contribution in [0.4, 0.5) is 5.95 Å². The molecule has 31 heavy (non-hydrogen) atoms. The molecule has 8 heteroatoms. The topological polar surface area (TPSA) is 110 Å². The van der Waals surface area contributed by atoms with Crippen LogP contribution >= 0.6 is 11.8 Å². The van der Waals surface area contributed by atoms with Crippen LogP contribution in [-0.2, 0) is 6.42 Å². The molecule has 3 aromatic rings. The van der Waals surface area contributed by atoms with Crippen LogP contribution in [0.3, 0.4) is 0 Å². The Bertz CT molecular complexity index is 1220. The molecule has 7 nitrogen and oxygen atoms in total. The maximum absolute atomic E-state index is 9.77. The normalized spacial score (nSPS) is 14.1. The van der Waals surface area contributed by atoms with Crippen LogP contribution < -0.4 is 10.6 Å². The zero-order chi connectivity index (χ0) is 21.5. The molecule has 0 saturated heterocycles. The van der Waals surface area contributed by atoms with E-state index in [1.165, 1.54) is 11.8 Å². The van der Waals surface area contributed by atoms with Gasteiger partial charge < -0.3 is 10.6 Å². The highest BCUT2D eigenvalue weighted by atomic mass is 32.2. The van der Waals surface area contributed by atoms with Crippen molar-refractivity contribution in [2.24, 2.45) is 0 Å². The molecule has 1 aromatic carbocycles. The van der Waals surface area contributed by atoms with Crippen LogP contribution in [0.2, 0.25) is 0 Å². The van der Waals surface area contributed by atoms with Crippen molar-refractivity contribution in [3.63, 3.8) is 0 Å². The molecule has 0 spiro atoms. The molecule has 0 aliphatic carbocycles. The number of hydrogen-bond donors (Lipinski definition) is 2. The molecule has 2 aromatic heterocycles. The molecule has 4 rings (SSSR count). The lowest BCUT2D eigenvalue weighted by molar-refractivity contribution is 0.971. The summed E-state index contributed by atoms with van der Waals surface area (Å²) in [6, 6.07) is 17.3. The smallest absolute Gasteiger partial charge is 0.223 e. The van der Waals surface area contributed by atoms with Crippen LogP contribution in [0, 0.1) is 22.7 Å². The molecule has 0 saturated carbocycles. The maximum atomic E-state index is 9.77. The molecule has 0 radical (unpaired) electrons. The van der Waals surface area contributed by atoms with Crippen molar-refractivity contribution in [3.05, 3.63) is 93.9 Å². The van der Waals surface area contributed by atoms with Crippen molar-refractivity contribution >= 4 is 29.0 Å². The van der Waals surface area contributed by atoms with Gasteiger partial charge in [-0.2, -0.15) is 10.5 Å². The minimum Gasteiger partial charge on any atom is -0.354 e. The molecule has 3 heterocycles. The second kappa shape index (κ2) is 9.57. The van der Waals surface area contributed by atoms with E-state index < -0.39 is 0 Å². The number of allylic oxidation sites excluding steroid dienone is 1. The van der Waals surface area contributed by atoms with Gasteiger partial charge in [0.15, 0.2) is 0 Å². The fourth-order valence-corrected chi connectivity index (χ4v) is 3.82. The van der Waals surface area contributed by atoms with Crippen LogP contribution in [0.1, 0.15) is 22.4 Å². The van der Waals surface area contributed by atoms with Gasteiger partial charge in [-0.05, 0) is 41.8 Å². The first-order valence-electron chi connectivity index (χ1n) is 9.52. The highest BCUT2D eigenvalue weighted by Gasteiger charge is 2.18. The number of rotatable bonds is 6. The van der Waals surface area contributed by atoms with E-state index in [4.69, 9.17) is 5.26 Å². The Kier molecular flexibility index (Phi) is 6.22. The van der Waals surface area contributed by atoms with E-state index in [0.29, 0.717) is 34.4 Å². The molecule has 0 fully saturated rings. The quantitative estimate of drug-likeness (QED) is 0.574. The molecule has 0 atom stereocenters. The molecule has 0 amide bonds. The summed E-state index contributed by atoms with van der Waals surface area (Å²) in [6.45, 7) is 0.658.